The second-order valence-corrected chi connectivity index (χ2v) is 18.8. The molecule has 0 aromatic carbocycles. The van der Waals surface area contributed by atoms with Crippen LogP contribution in [0.1, 0.15) is 278 Å². The summed E-state index contributed by atoms with van der Waals surface area (Å²) in [5, 5.41) is 0. The molecule has 0 N–H and O–H groups in total. The minimum atomic E-state index is -0.808. The number of carbonyl (C=O) groups is 3. The Bertz CT molecular complexity index is 1260. The van der Waals surface area contributed by atoms with E-state index in [2.05, 4.69) is 93.7 Å². The van der Waals surface area contributed by atoms with Gasteiger partial charge in [-0.1, -0.05) is 222 Å². The van der Waals surface area contributed by atoms with Crippen molar-refractivity contribution in [1.82, 2.24) is 0 Å². The zero-order valence-electron chi connectivity index (χ0n) is 44.2. The summed E-state index contributed by atoms with van der Waals surface area (Å²) in [5.41, 5.74) is 0. The average molecular weight is 936 g/mol. The van der Waals surface area contributed by atoms with Gasteiger partial charge in [-0.3, -0.25) is 14.4 Å². The van der Waals surface area contributed by atoms with Gasteiger partial charge in [0.05, 0.1) is 0 Å². The molecule has 0 unspecified atom stereocenters. The molecule has 0 aliphatic rings. The van der Waals surface area contributed by atoms with E-state index in [9.17, 15) is 14.4 Å². The fourth-order valence-corrected chi connectivity index (χ4v) is 7.84. The van der Waals surface area contributed by atoms with E-state index in [1.54, 1.807) is 0 Å². The van der Waals surface area contributed by atoms with Crippen LogP contribution in [0.25, 0.3) is 0 Å². The smallest absolute Gasteiger partial charge is 0.306 e. The fourth-order valence-electron chi connectivity index (χ4n) is 7.84. The van der Waals surface area contributed by atoms with Crippen molar-refractivity contribution in [3.8, 4) is 0 Å². The molecular formula is C61H106O6. The van der Waals surface area contributed by atoms with Gasteiger partial charge < -0.3 is 14.2 Å². The van der Waals surface area contributed by atoms with E-state index in [4.69, 9.17) is 14.2 Å². The Morgan fingerprint density at radius 2 is 0.552 bits per heavy atom. The number of ether oxygens (including phenoxy) is 3. The number of carbonyl (C=O) groups excluding carboxylic acids is 3. The van der Waals surface area contributed by atoms with E-state index in [0.29, 0.717) is 19.3 Å². The minimum Gasteiger partial charge on any atom is -0.462 e. The number of unbranched alkanes of at least 4 members (excludes halogenated alkanes) is 28. The molecule has 0 radical (unpaired) electrons. The minimum absolute atomic E-state index is 0.100. The van der Waals surface area contributed by atoms with Crippen molar-refractivity contribution in [2.75, 3.05) is 13.2 Å². The first-order valence-electron chi connectivity index (χ1n) is 28.4. The summed E-state index contributed by atoms with van der Waals surface area (Å²) in [5.74, 6) is -0.962. The summed E-state index contributed by atoms with van der Waals surface area (Å²) in [7, 11) is 0. The van der Waals surface area contributed by atoms with Gasteiger partial charge in [-0.15, -0.1) is 0 Å². The van der Waals surface area contributed by atoms with Crippen LogP contribution in [0.5, 0.6) is 0 Å². The summed E-state index contributed by atoms with van der Waals surface area (Å²) < 4.78 is 16.8. The largest absolute Gasteiger partial charge is 0.462 e. The molecule has 0 fully saturated rings. The number of rotatable bonds is 51. The molecule has 67 heavy (non-hydrogen) atoms. The summed E-state index contributed by atoms with van der Waals surface area (Å²) in [6, 6.07) is 0. The normalized spacial score (nSPS) is 12.6. The third-order valence-corrected chi connectivity index (χ3v) is 12.2. The first-order valence-corrected chi connectivity index (χ1v) is 28.4. The predicted molar refractivity (Wildman–Crippen MR) is 288 cm³/mol. The molecule has 0 heterocycles. The van der Waals surface area contributed by atoms with Crippen molar-refractivity contribution < 1.29 is 28.6 Å². The van der Waals surface area contributed by atoms with Gasteiger partial charge in [-0.25, -0.2) is 0 Å². The van der Waals surface area contributed by atoms with Crippen LogP contribution >= 0.6 is 0 Å². The van der Waals surface area contributed by atoms with Crippen LogP contribution in [-0.2, 0) is 28.6 Å². The molecule has 6 heteroatoms. The van der Waals surface area contributed by atoms with Gasteiger partial charge in [-0.05, 0) is 109 Å². The quantitative estimate of drug-likeness (QED) is 0.0262. The monoisotopic (exact) mass is 935 g/mol. The van der Waals surface area contributed by atoms with Gasteiger partial charge in [0.1, 0.15) is 13.2 Å². The van der Waals surface area contributed by atoms with Gasteiger partial charge in [0, 0.05) is 19.3 Å². The van der Waals surface area contributed by atoms with Crippen LogP contribution in [0.15, 0.2) is 72.9 Å². The first-order chi connectivity index (χ1) is 33.0. The van der Waals surface area contributed by atoms with Crippen molar-refractivity contribution >= 4 is 17.9 Å². The van der Waals surface area contributed by atoms with E-state index in [1.165, 1.54) is 161 Å². The Hall–Kier alpha value is -3.15. The Balaban J connectivity index is 4.44. The molecule has 0 rings (SSSR count). The topological polar surface area (TPSA) is 78.9 Å². The molecule has 0 aromatic heterocycles. The fraction of sp³-hybridized carbons (Fsp3) is 0.754. The lowest BCUT2D eigenvalue weighted by Gasteiger charge is -2.18. The van der Waals surface area contributed by atoms with Crippen LogP contribution in [0.3, 0.4) is 0 Å². The molecule has 0 saturated carbocycles. The van der Waals surface area contributed by atoms with E-state index in [-0.39, 0.29) is 37.5 Å². The molecule has 0 aromatic rings. The van der Waals surface area contributed by atoms with Gasteiger partial charge >= 0.3 is 17.9 Å². The number of hydrogen-bond acceptors (Lipinski definition) is 6. The summed E-state index contributed by atoms with van der Waals surface area (Å²) in [6.07, 6.45) is 70.4. The van der Waals surface area contributed by atoms with Crippen molar-refractivity contribution in [2.24, 2.45) is 0 Å². The Labute approximate surface area is 414 Å². The van der Waals surface area contributed by atoms with E-state index < -0.39 is 6.10 Å². The lowest BCUT2D eigenvalue weighted by molar-refractivity contribution is -0.167. The highest BCUT2D eigenvalue weighted by atomic mass is 16.6. The third kappa shape index (κ3) is 53.7. The maximum absolute atomic E-state index is 12.8. The Kier molecular flexibility index (Phi) is 52.8. The van der Waals surface area contributed by atoms with Crippen LogP contribution in [0.4, 0.5) is 0 Å². The molecule has 0 aliphatic heterocycles. The van der Waals surface area contributed by atoms with Crippen molar-refractivity contribution in [3.63, 3.8) is 0 Å². The summed E-state index contributed by atoms with van der Waals surface area (Å²) in [6.45, 7) is 6.55. The molecule has 0 saturated heterocycles. The lowest BCUT2D eigenvalue weighted by Crippen LogP contribution is -2.30. The Morgan fingerprint density at radius 1 is 0.299 bits per heavy atom. The number of hydrogen-bond donors (Lipinski definition) is 0. The van der Waals surface area contributed by atoms with E-state index in [1.807, 2.05) is 0 Å². The van der Waals surface area contributed by atoms with Crippen LogP contribution in [0, 0.1) is 0 Å². The van der Waals surface area contributed by atoms with Gasteiger partial charge in [0.15, 0.2) is 6.10 Å². The highest BCUT2D eigenvalue weighted by Gasteiger charge is 2.19. The predicted octanol–water partition coefficient (Wildman–Crippen LogP) is 19.0. The van der Waals surface area contributed by atoms with Crippen molar-refractivity contribution in [2.45, 2.75) is 284 Å². The second-order valence-electron chi connectivity index (χ2n) is 18.8. The lowest BCUT2D eigenvalue weighted by atomic mass is 10.1. The molecule has 386 valence electrons. The molecule has 0 bridgehead atoms. The number of allylic oxidation sites excluding steroid dienone is 12. The standard InChI is InChI=1S/C61H106O6/c1-4-7-10-13-16-19-22-25-27-29-30-32-33-36-39-42-45-48-51-54-60(63)66-57-58(56-65-59(62)53-50-47-44-41-38-35-24-21-18-15-12-9-6-3)67-61(64)55-52-49-46-43-40-37-34-31-28-26-23-20-17-14-11-8-5-2/h17,20-21,24-28,34,37,43,46,58H,4-16,18-19,22-23,29-33,35-36,38-42,44-45,47-57H2,1-3H3/b20-17-,24-21-,27-25-,28-26-,37-34-,46-43-/t58-/m1/s1. The third-order valence-electron chi connectivity index (χ3n) is 12.2. The van der Waals surface area contributed by atoms with Crippen LogP contribution < -0.4 is 0 Å². The average Bonchev–Trinajstić information content (AvgIpc) is 3.33. The maximum atomic E-state index is 12.8. The van der Waals surface area contributed by atoms with Crippen LogP contribution in [0.2, 0.25) is 0 Å². The molecule has 1 atom stereocenters. The van der Waals surface area contributed by atoms with Crippen molar-refractivity contribution in [1.29, 1.82) is 0 Å². The highest BCUT2D eigenvalue weighted by molar-refractivity contribution is 5.71. The van der Waals surface area contributed by atoms with Crippen LogP contribution in [-0.4, -0.2) is 37.2 Å². The molecule has 6 nitrogen and oxygen atoms in total. The zero-order valence-corrected chi connectivity index (χ0v) is 44.2. The first kappa shape index (κ1) is 63.8. The Morgan fingerprint density at radius 3 is 0.940 bits per heavy atom. The molecular weight excluding hydrogens is 829 g/mol. The second kappa shape index (κ2) is 55.4. The number of esters is 3. The van der Waals surface area contributed by atoms with Gasteiger partial charge in [0.2, 0.25) is 0 Å². The van der Waals surface area contributed by atoms with E-state index >= 15 is 0 Å². The van der Waals surface area contributed by atoms with Crippen molar-refractivity contribution in [3.05, 3.63) is 72.9 Å². The summed E-state index contributed by atoms with van der Waals surface area (Å²) in [4.78, 5) is 38.1. The van der Waals surface area contributed by atoms with E-state index in [0.717, 1.165) is 70.6 Å². The maximum Gasteiger partial charge on any atom is 0.306 e. The van der Waals surface area contributed by atoms with Gasteiger partial charge in [0.25, 0.3) is 0 Å². The molecule has 0 spiro atoms. The SMILES string of the molecule is CCCCC/C=C\C/C=C\C/C=C\C/C=C\CCCC(=O)O[C@H](COC(=O)CCCCCCC/C=C\CCCCCC)COC(=O)CCCCCCCCCCC/C=C\CCCCCCCC. The van der Waals surface area contributed by atoms with Gasteiger partial charge in [-0.2, -0.15) is 0 Å². The molecule has 0 aliphatic carbocycles. The molecule has 0 amide bonds. The zero-order chi connectivity index (χ0) is 48.6. The highest BCUT2D eigenvalue weighted by Crippen LogP contribution is 2.14. The summed E-state index contributed by atoms with van der Waals surface area (Å²) >= 11 is 0.